The maximum Gasteiger partial charge on any atom is 0.363 e. The van der Waals surface area contributed by atoms with E-state index in [1.807, 2.05) is 19.1 Å². The van der Waals surface area contributed by atoms with E-state index in [0.717, 1.165) is 5.56 Å². The predicted molar refractivity (Wildman–Crippen MR) is 116 cm³/mol. The molecule has 1 aliphatic heterocycles. The third-order valence-corrected chi connectivity index (χ3v) is 4.75. The van der Waals surface area contributed by atoms with Gasteiger partial charge in [-0.3, -0.25) is 0 Å². The van der Waals surface area contributed by atoms with Crippen LogP contribution in [0.2, 0.25) is 0 Å². The van der Waals surface area contributed by atoms with Gasteiger partial charge in [-0.15, -0.1) is 0 Å². The maximum absolute atomic E-state index is 13.4. The van der Waals surface area contributed by atoms with Gasteiger partial charge in [0.05, 0.1) is 12.7 Å². The number of carbonyl (C=O) groups is 2. The van der Waals surface area contributed by atoms with Crippen molar-refractivity contribution in [2.45, 2.75) is 6.92 Å². The molecule has 0 radical (unpaired) electrons. The van der Waals surface area contributed by atoms with Crippen molar-refractivity contribution in [3.63, 3.8) is 0 Å². The zero-order valence-corrected chi connectivity index (χ0v) is 17.3. The van der Waals surface area contributed by atoms with Crippen LogP contribution in [0.15, 0.2) is 77.4 Å². The van der Waals surface area contributed by atoms with E-state index in [1.54, 1.807) is 36.4 Å². The van der Waals surface area contributed by atoms with Crippen molar-refractivity contribution in [2.75, 3.05) is 7.11 Å². The van der Waals surface area contributed by atoms with Gasteiger partial charge in [-0.2, -0.15) is 0 Å². The van der Waals surface area contributed by atoms with Crippen LogP contribution in [-0.2, 0) is 9.53 Å². The number of hydrogen-bond donors (Lipinski definition) is 0. The van der Waals surface area contributed by atoms with Gasteiger partial charge >= 0.3 is 11.9 Å². The van der Waals surface area contributed by atoms with Crippen molar-refractivity contribution in [3.8, 4) is 11.5 Å². The summed E-state index contributed by atoms with van der Waals surface area (Å²) in [5.41, 5.74) is 2.24. The van der Waals surface area contributed by atoms with E-state index in [1.165, 1.54) is 31.4 Å². The minimum atomic E-state index is -0.654. The van der Waals surface area contributed by atoms with Gasteiger partial charge in [0.2, 0.25) is 5.90 Å². The molecule has 0 saturated heterocycles. The minimum absolute atomic E-state index is 0.0245. The van der Waals surface area contributed by atoms with Crippen LogP contribution >= 0.6 is 0 Å². The summed E-state index contributed by atoms with van der Waals surface area (Å²) in [6.45, 7) is 1.82. The molecule has 32 heavy (non-hydrogen) atoms. The second-order valence-electron chi connectivity index (χ2n) is 6.96. The van der Waals surface area contributed by atoms with Crippen LogP contribution in [-0.4, -0.2) is 24.9 Å². The van der Waals surface area contributed by atoms with Gasteiger partial charge in [0.25, 0.3) is 0 Å². The SMILES string of the molecule is COc1cc(/C=C2\N=C(c3cccc(F)c3)OC2=O)ccc1OC(=O)c1ccccc1C. The zero-order valence-electron chi connectivity index (χ0n) is 17.3. The largest absolute Gasteiger partial charge is 0.493 e. The normalized spacial score (nSPS) is 14.2. The number of cyclic esters (lactones) is 1. The number of aryl methyl sites for hydroxylation is 1. The Morgan fingerprint density at radius 2 is 1.84 bits per heavy atom. The second kappa shape index (κ2) is 8.85. The molecule has 3 aromatic carbocycles. The van der Waals surface area contributed by atoms with E-state index in [-0.39, 0.29) is 17.3 Å². The van der Waals surface area contributed by atoms with E-state index in [2.05, 4.69) is 4.99 Å². The van der Waals surface area contributed by atoms with Gasteiger partial charge in [-0.25, -0.2) is 19.0 Å². The number of esters is 2. The highest BCUT2D eigenvalue weighted by Gasteiger charge is 2.24. The van der Waals surface area contributed by atoms with Crippen LogP contribution in [0.25, 0.3) is 6.08 Å². The molecule has 0 fully saturated rings. The van der Waals surface area contributed by atoms with Gasteiger partial charge in [-0.1, -0.05) is 30.3 Å². The summed E-state index contributed by atoms with van der Waals surface area (Å²) in [5, 5.41) is 0. The van der Waals surface area contributed by atoms with Crippen LogP contribution in [0.3, 0.4) is 0 Å². The number of rotatable bonds is 5. The highest BCUT2D eigenvalue weighted by Crippen LogP contribution is 2.30. The van der Waals surface area contributed by atoms with Gasteiger partial charge in [0, 0.05) is 5.56 Å². The van der Waals surface area contributed by atoms with E-state index in [9.17, 15) is 14.0 Å². The average Bonchev–Trinajstić information content (AvgIpc) is 3.15. The van der Waals surface area contributed by atoms with Crippen molar-refractivity contribution in [1.29, 1.82) is 0 Å². The number of hydrogen-bond acceptors (Lipinski definition) is 6. The predicted octanol–water partition coefficient (Wildman–Crippen LogP) is 4.71. The first-order valence-corrected chi connectivity index (χ1v) is 9.69. The van der Waals surface area contributed by atoms with Crippen LogP contribution in [0.5, 0.6) is 11.5 Å². The van der Waals surface area contributed by atoms with Crippen LogP contribution in [0.1, 0.15) is 27.0 Å². The smallest absolute Gasteiger partial charge is 0.363 e. The fraction of sp³-hybridized carbons (Fsp3) is 0.0800. The summed E-state index contributed by atoms with van der Waals surface area (Å²) < 4.78 is 29.4. The molecule has 0 bridgehead atoms. The molecule has 0 unspecified atom stereocenters. The summed E-state index contributed by atoms with van der Waals surface area (Å²) in [7, 11) is 1.45. The molecule has 0 aromatic heterocycles. The van der Waals surface area contributed by atoms with Crippen molar-refractivity contribution < 1.29 is 28.2 Å². The quantitative estimate of drug-likeness (QED) is 0.332. The van der Waals surface area contributed by atoms with Gasteiger partial charge < -0.3 is 14.2 Å². The standard InChI is InChI=1S/C25H18FNO5/c1-15-6-3-4-9-19(15)24(28)31-21-11-10-16(13-22(21)30-2)12-20-25(29)32-23(27-20)17-7-5-8-18(26)14-17/h3-14H,1-2H3/b20-12-. The van der Waals surface area contributed by atoms with E-state index in [4.69, 9.17) is 14.2 Å². The van der Waals surface area contributed by atoms with E-state index in [0.29, 0.717) is 22.4 Å². The Kier molecular flexibility index (Phi) is 5.81. The number of halogens is 1. The Morgan fingerprint density at radius 3 is 2.59 bits per heavy atom. The maximum atomic E-state index is 13.4. The van der Waals surface area contributed by atoms with E-state index >= 15 is 0 Å². The molecule has 1 heterocycles. The molecule has 7 heteroatoms. The molecule has 160 valence electrons. The number of benzene rings is 3. The lowest BCUT2D eigenvalue weighted by molar-refractivity contribution is -0.129. The first-order chi connectivity index (χ1) is 15.4. The number of ether oxygens (including phenoxy) is 3. The molecule has 0 aliphatic carbocycles. The van der Waals surface area contributed by atoms with Gasteiger partial charge in [0.15, 0.2) is 17.2 Å². The van der Waals surface area contributed by atoms with Crippen molar-refractivity contribution in [3.05, 3.63) is 100 Å². The third-order valence-electron chi connectivity index (χ3n) is 4.75. The summed E-state index contributed by atoms with van der Waals surface area (Å²) in [6.07, 6.45) is 1.50. The number of nitrogens with zero attached hydrogens (tertiary/aromatic N) is 1. The molecular weight excluding hydrogens is 413 g/mol. The first kappa shape index (κ1) is 21.0. The fourth-order valence-corrected chi connectivity index (χ4v) is 3.13. The topological polar surface area (TPSA) is 74.2 Å². The number of aliphatic imine (C=N–C) groups is 1. The third kappa shape index (κ3) is 4.41. The van der Waals surface area contributed by atoms with Crippen LogP contribution in [0, 0.1) is 12.7 Å². The van der Waals surface area contributed by atoms with Crippen molar-refractivity contribution in [1.82, 2.24) is 0 Å². The molecular formula is C25H18FNO5. The Labute approximate surface area is 183 Å². The molecule has 6 nitrogen and oxygen atoms in total. The molecule has 0 amide bonds. The first-order valence-electron chi connectivity index (χ1n) is 9.69. The van der Waals surface area contributed by atoms with Crippen molar-refractivity contribution in [2.24, 2.45) is 4.99 Å². The lowest BCUT2D eigenvalue weighted by Crippen LogP contribution is -2.10. The monoisotopic (exact) mass is 431 g/mol. The average molecular weight is 431 g/mol. The molecule has 0 spiro atoms. The lowest BCUT2D eigenvalue weighted by Gasteiger charge is -2.11. The molecule has 0 N–H and O–H groups in total. The minimum Gasteiger partial charge on any atom is -0.493 e. The fourth-order valence-electron chi connectivity index (χ4n) is 3.13. The summed E-state index contributed by atoms with van der Waals surface area (Å²) in [4.78, 5) is 28.9. The van der Waals surface area contributed by atoms with Crippen LogP contribution < -0.4 is 9.47 Å². The highest BCUT2D eigenvalue weighted by atomic mass is 19.1. The van der Waals surface area contributed by atoms with Gasteiger partial charge in [-0.05, 0) is 60.5 Å². The zero-order chi connectivity index (χ0) is 22.7. The van der Waals surface area contributed by atoms with Crippen LogP contribution in [0.4, 0.5) is 4.39 Å². The molecule has 4 rings (SSSR count). The summed E-state index contributed by atoms with van der Waals surface area (Å²) in [6, 6.07) is 17.6. The summed E-state index contributed by atoms with van der Waals surface area (Å²) in [5.74, 6) is -1.05. The second-order valence-corrected chi connectivity index (χ2v) is 6.96. The molecule has 1 aliphatic rings. The van der Waals surface area contributed by atoms with Gasteiger partial charge in [0.1, 0.15) is 5.82 Å². The highest BCUT2D eigenvalue weighted by molar-refractivity contribution is 6.12. The Balaban J connectivity index is 1.59. The Bertz CT molecular complexity index is 1280. The number of methoxy groups -OCH3 is 1. The van der Waals surface area contributed by atoms with Crippen molar-refractivity contribution >= 4 is 23.9 Å². The summed E-state index contributed by atoms with van der Waals surface area (Å²) >= 11 is 0. The Morgan fingerprint density at radius 1 is 1.03 bits per heavy atom. The molecule has 0 atom stereocenters. The molecule has 0 saturated carbocycles. The molecule has 3 aromatic rings. The lowest BCUT2D eigenvalue weighted by atomic mass is 10.1. The van der Waals surface area contributed by atoms with E-state index < -0.39 is 17.8 Å². The Hall–Kier alpha value is -4.26. The number of carbonyl (C=O) groups excluding carboxylic acids is 2.